The molecule has 0 aliphatic rings. The minimum absolute atomic E-state index is 0.296. The van der Waals surface area contributed by atoms with Gasteiger partial charge in [-0.25, -0.2) is 0 Å². The number of aliphatic carboxylic acids is 10. The largest absolute Gasteiger partial charge is 0.481 e. The van der Waals surface area contributed by atoms with Gasteiger partial charge in [-0.2, -0.15) is 0 Å². The summed E-state index contributed by atoms with van der Waals surface area (Å²) in [4.78, 5) is 96.4. The van der Waals surface area contributed by atoms with Crippen molar-refractivity contribution in [1.29, 1.82) is 0 Å². The lowest BCUT2D eigenvalue weighted by atomic mass is 10.3. The molecule has 0 heterocycles. The lowest BCUT2D eigenvalue weighted by Gasteiger charge is -1.96. The summed E-state index contributed by atoms with van der Waals surface area (Å²) in [6.07, 6.45) is -3.92. The molecule has 268 valence electrons. The van der Waals surface area contributed by atoms with Crippen LogP contribution in [-0.4, -0.2) is 145 Å². The predicted octanol–water partition coefficient (Wildman–Crippen LogP) is -1.99. The van der Waals surface area contributed by atoms with Crippen LogP contribution in [0.25, 0.3) is 0 Å². The van der Waals surface area contributed by atoms with Crippen LogP contribution in [0, 0.1) is 0 Å². The van der Waals surface area contributed by atoms with Gasteiger partial charge in [0.2, 0.25) is 0 Å². The van der Waals surface area contributed by atoms with Crippen molar-refractivity contribution in [3.63, 3.8) is 0 Å². The molecule has 0 aliphatic carbocycles. The highest BCUT2D eigenvalue weighted by molar-refractivity contribution is 5.77. The number of carboxylic acids is 10. The van der Waals surface area contributed by atoms with Gasteiger partial charge in [0.15, 0.2) is 0 Å². The van der Waals surface area contributed by atoms with Gasteiger partial charge in [0, 0.05) is 0 Å². The van der Waals surface area contributed by atoms with Crippen molar-refractivity contribution >= 4 is 59.7 Å². The number of carboxylic acid groups (broad SMARTS) is 10. The Kier molecular flexibility index (Phi) is 43.5. The summed E-state index contributed by atoms with van der Waals surface area (Å²) in [7, 11) is 0. The maximum absolute atomic E-state index is 9.64. The second-order valence-corrected chi connectivity index (χ2v) is 7.46. The Morgan fingerprint density at radius 2 is 0.370 bits per heavy atom. The molecule has 0 fully saturated rings. The van der Waals surface area contributed by atoms with Crippen molar-refractivity contribution in [3.05, 3.63) is 0 Å². The summed E-state index contributed by atoms with van der Waals surface area (Å²) in [5, 5.41) is 103. The quantitative estimate of drug-likeness (QED) is 0.0789. The Bertz CT molecular complexity index is 704. The number of rotatable bonds is 17. The van der Waals surface area contributed by atoms with Crippen LogP contribution in [0.15, 0.2) is 0 Å². The molecular weight excluding hydrogens is 644 g/mol. The second-order valence-electron chi connectivity index (χ2n) is 7.46. The third kappa shape index (κ3) is 98.0. The van der Waals surface area contributed by atoms with Crippen molar-refractivity contribution in [2.75, 3.05) is 13.2 Å². The average molecular weight is 683 g/mol. The van der Waals surface area contributed by atoms with Gasteiger partial charge in [0.1, 0.15) is 6.10 Å². The molecule has 0 saturated heterocycles. The molecule has 0 aromatic heterocycles. The fraction of sp³-hybridized carbons (Fsp3) is 0.565. The summed E-state index contributed by atoms with van der Waals surface area (Å²) < 4.78 is 0. The van der Waals surface area contributed by atoms with Crippen molar-refractivity contribution in [2.45, 2.75) is 70.3 Å². The summed E-state index contributed by atoms with van der Waals surface area (Å²) in [6.45, 7) is -0.729. The topological polar surface area (TPSA) is 434 Å². The number of aliphatic hydroxyl groups excluding tert-OH is 3. The van der Waals surface area contributed by atoms with Crippen LogP contribution in [0.1, 0.15) is 64.2 Å². The Morgan fingerprint density at radius 1 is 0.283 bits per heavy atom. The van der Waals surface area contributed by atoms with Gasteiger partial charge in [-0.15, -0.1) is 0 Å². The maximum atomic E-state index is 9.64. The summed E-state index contributed by atoms with van der Waals surface area (Å²) in [6, 6.07) is 0. The molecule has 0 aromatic carbocycles. The number of hydrogen-bond donors (Lipinski definition) is 13. The molecular formula is C23H38O23. The molecule has 46 heavy (non-hydrogen) atoms. The predicted molar refractivity (Wildman–Crippen MR) is 143 cm³/mol. The van der Waals surface area contributed by atoms with E-state index in [-0.39, 0.29) is 77.4 Å². The van der Waals surface area contributed by atoms with Gasteiger partial charge < -0.3 is 66.4 Å². The molecule has 23 nitrogen and oxygen atoms in total. The van der Waals surface area contributed by atoms with Crippen molar-refractivity contribution in [2.24, 2.45) is 0 Å². The van der Waals surface area contributed by atoms with Gasteiger partial charge in [0.05, 0.1) is 77.4 Å². The van der Waals surface area contributed by atoms with E-state index in [9.17, 15) is 47.9 Å². The molecule has 0 atom stereocenters. The summed E-state index contributed by atoms with van der Waals surface area (Å²) >= 11 is 0. The van der Waals surface area contributed by atoms with E-state index in [1.807, 2.05) is 0 Å². The fourth-order valence-corrected chi connectivity index (χ4v) is 1.13. The molecule has 0 saturated carbocycles. The van der Waals surface area contributed by atoms with Gasteiger partial charge >= 0.3 is 59.7 Å². The number of hydrogen-bond acceptors (Lipinski definition) is 13. The summed E-state index contributed by atoms with van der Waals surface area (Å²) in [5.74, 6) is -10.8. The third-order valence-corrected chi connectivity index (χ3v) is 3.19. The van der Waals surface area contributed by atoms with Crippen LogP contribution >= 0.6 is 0 Å². The van der Waals surface area contributed by atoms with Crippen LogP contribution in [-0.2, 0) is 47.9 Å². The minimum atomic E-state index is -1.08. The van der Waals surface area contributed by atoms with E-state index in [0.717, 1.165) is 0 Å². The molecule has 23 heteroatoms. The minimum Gasteiger partial charge on any atom is -0.481 e. The van der Waals surface area contributed by atoms with E-state index in [1.165, 1.54) is 0 Å². The van der Waals surface area contributed by atoms with Crippen LogP contribution in [0.2, 0.25) is 0 Å². The van der Waals surface area contributed by atoms with Crippen LogP contribution in [0.5, 0.6) is 0 Å². The maximum Gasteiger partial charge on any atom is 0.303 e. The lowest BCUT2D eigenvalue weighted by molar-refractivity contribution is -0.143. The van der Waals surface area contributed by atoms with E-state index >= 15 is 0 Å². The zero-order chi connectivity index (χ0) is 37.8. The second kappa shape index (κ2) is 37.6. The zero-order valence-corrected chi connectivity index (χ0v) is 24.0. The van der Waals surface area contributed by atoms with Gasteiger partial charge in [-0.1, -0.05) is 0 Å². The lowest BCUT2D eigenvalue weighted by Crippen LogP contribution is -2.15. The van der Waals surface area contributed by atoms with Crippen molar-refractivity contribution in [1.82, 2.24) is 0 Å². The van der Waals surface area contributed by atoms with Crippen LogP contribution < -0.4 is 0 Å². The standard InChI is InChI=1S/5C4H6O4.C3H8O3/c5*5-3(6)1-2-4(7)8;4-1-3(6)2-5/h5*1-2H2,(H,5,6)(H,7,8);3-6H,1-2H2. The van der Waals surface area contributed by atoms with E-state index in [1.54, 1.807) is 0 Å². The highest BCUT2D eigenvalue weighted by atomic mass is 16.4. The van der Waals surface area contributed by atoms with Crippen molar-refractivity contribution < 1.29 is 114 Å². The first-order valence-electron chi connectivity index (χ1n) is 12.0. The Balaban J connectivity index is -0.000000105. The number of aliphatic hydroxyl groups is 3. The normalized spacial score (nSPS) is 8.70. The third-order valence-electron chi connectivity index (χ3n) is 3.19. The van der Waals surface area contributed by atoms with E-state index in [2.05, 4.69) is 0 Å². The SMILES string of the molecule is O=C(O)CCC(=O)O.O=C(O)CCC(=O)O.O=C(O)CCC(=O)O.O=C(O)CCC(=O)O.O=C(O)CCC(=O)O.OCC(O)CO. The highest BCUT2D eigenvalue weighted by Crippen LogP contribution is 1.88. The molecule has 0 bridgehead atoms. The average Bonchev–Trinajstić information content (AvgIpc) is 2.93. The van der Waals surface area contributed by atoms with E-state index in [0.29, 0.717) is 0 Å². The van der Waals surface area contributed by atoms with Gasteiger partial charge in [0.25, 0.3) is 0 Å². The highest BCUT2D eigenvalue weighted by Gasteiger charge is 2.03. The smallest absolute Gasteiger partial charge is 0.303 e. The fourth-order valence-electron chi connectivity index (χ4n) is 1.13. The first-order valence-corrected chi connectivity index (χ1v) is 12.0. The molecule has 0 amide bonds. The first kappa shape index (κ1) is 53.2. The monoisotopic (exact) mass is 682 g/mol. The molecule has 13 N–H and O–H groups in total. The van der Waals surface area contributed by atoms with Crippen molar-refractivity contribution in [3.8, 4) is 0 Å². The van der Waals surface area contributed by atoms with E-state index < -0.39 is 65.8 Å². The Morgan fingerprint density at radius 3 is 0.391 bits per heavy atom. The van der Waals surface area contributed by atoms with E-state index in [4.69, 9.17) is 66.4 Å². The molecule has 0 aliphatic heterocycles. The number of carbonyl (C=O) groups is 10. The van der Waals surface area contributed by atoms with Crippen LogP contribution in [0.4, 0.5) is 0 Å². The summed E-state index contributed by atoms with van der Waals surface area (Å²) in [5.41, 5.74) is 0. The van der Waals surface area contributed by atoms with Crippen LogP contribution in [0.3, 0.4) is 0 Å². The molecule has 0 unspecified atom stereocenters. The first-order chi connectivity index (χ1) is 20.9. The molecule has 0 aromatic rings. The molecule has 0 radical (unpaired) electrons. The van der Waals surface area contributed by atoms with Gasteiger partial charge in [-0.3, -0.25) is 47.9 Å². The zero-order valence-electron chi connectivity index (χ0n) is 24.0. The molecule has 0 spiro atoms. The Labute approximate surface area is 258 Å². The molecule has 0 rings (SSSR count). The van der Waals surface area contributed by atoms with Gasteiger partial charge in [-0.05, 0) is 0 Å². The Hall–Kier alpha value is -5.42.